The lowest BCUT2D eigenvalue weighted by Crippen LogP contribution is -2.38. The van der Waals surface area contributed by atoms with E-state index in [1.807, 2.05) is 25.9 Å². The summed E-state index contributed by atoms with van der Waals surface area (Å²) in [6.07, 6.45) is 0. The summed E-state index contributed by atoms with van der Waals surface area (Å²) in [7, 11) is 0.343. The molecule has 17 heavy (non-hydrogen) atoms. The second-order valence-corrected chi connectivity index (χ2v) is 6.13. The Kier molecular flexibility index (Phi) is 4.29. The van der Waals surface area contributed by atoms with Crippen LogP contribution in [-0.4, -0.2) is 50.2 Å². The summed E-state index contributed by atoms with van der Waals surface area (Å²) in [5.74, 6) is 0. The Morgan fingerprint density at radius 1 is 1.41 bits per heavy atom. The SMILES string of the molecule is Cc1n[nH]c(C)c1S(=O)(=O)NCC(C)N(C)C. The highest BCUT2D eigenvalue weighted by atomic mass is 32.2. The molecule has 0 aliphatic carbocycles. The average molecular weight is 260 g/mol. The van der Waals surface area contributed by atoms with Crippen LogP contribution in [-0.2, 0) is 10.0 Å². The number of hydrogen-bond acceptors (Lipinski definition) is 4. The third kappa shape index (κ3) is 3.27. The number of likely N-dealkylation sites (N-methyl/N-ethyl adjacent to an activating group) is 1. The van der Waals surface area contributed by atoms with Gasteiger partial charge in [-0.25, -0.2) is 13.1 Å². The maximum atomic E-state index is 12.1. The minimum Gasteiger partial charge on any atom is -0.305 e. The zero-order valence-corrected chi connectivity index (χ0v) is 11.7. The van der Waals surface area contributed by atoms with Crippen molar-refractivity contribution >= 4 is 10.0 Å². The number of rotatable bonds is 5. The fraction of sp³-hybridized carbons (Fsp3) is 0.700. The van der Waals surface area contributed by atoms with Crippen LogP contribution in [0.15, 0.2) is 4.90 Å². The Bertz CT molecular complexity index is 459. The number of sulfonamides is 1. The highest BCUT2D eigenvalue weighted by Crippen LogP contribution is 2.16. The van der Waals surface area contributed by atoms with Crippen molar-refractivity contribution in [1.29, 1.82) is 0 Å². The monoisotopic (exact) mass is 260 g/mol. The number of aromatic nitrogens is 2. The van der Waals surface area contributed by atoms with Crippen molar-refractivity contribution in [2.75, 3.05) is 20.6 Å². The van der Waals surface area contributed by atoms with Gasteiger partial charge >= 0.3 is 0 Å². The first kappa shape index (κ1) is 14.1. The van der Waals surface area contributed by atoms with Gasteiger partial charge in [0.25, 0.3) is 0 Å². The highest BCUT2D eigenvalue weighted by molar-refractivity contribution is 7.89. The minimum atomic E-state index is -3.48. The van der Waals surface area contributed by atoms with E-state index in [0.29, 0.717) is 17.9 Å². The molecule has 0 saturated carbocycles. The molecule has 0 saturated heterocycles. The summed E-state index contributed by atoms with van der Waals surface area (Å²) in [5, 5.41) is 6.56. The van der Waals surface area contributed by atoms with E-state index in [2.05, 4.69) is 14.9 Å². The lowest BCUT2D eigenvalue weighted by molar-refractivity contribution is 0.314. The van der Waals surface area contributed by atoms with Crippen molar-refractivity contribution < 1.29 is 8.42 Å². The fourth-order valence-electron chi connectivity index (χ4n) is 1.42. The van der Waals surface area contributed by atoms with E-state index in [-0.39, 0.29) is 10.9 Å². The molecule has 1 heterocycles. The summed E-state index contributed by atoms with van der Waals surface area (Å²) >= 11 is 0. The number of hydrogen-bond donors (Lipinski definition) is 2. The van der Waals surface area contributed by atoms with E-state index in [1.165, 1.54) is 0 Å². The molecule has 6 nitrogen and oxygen atoms in total. The first-order valence-electron chi connectivity index (χ1n) is 5.43. The van der Waals surface area contributed by atoms with Crippen molar-refractivity contribution in [3.05, 3.63) is 11.4 Å². The third-order valence-electron chi connectivity index (χ3n) is 2.78. The normalized spacial score (nSPS) is 14.2. The average Bonchev–Trinajstić information content (AvgIpc) is 2.55. The second-order valence-electron chi connectivity index (χ2n) is 4.43. The van der Waals surface area contributed by atoms with Crippen LogP contribution in [0.3, 0.4) is 0 Å². The molecule has 98 valence electrons. The minimum absolute atomic E-state index is 0.136. The molecule has 0 amide bonds. The molecule has 7 heteroatoms. The summed E-state index contributed by atoms with van der Waals surface area (Å²) in [6.45, 7) is 5.70. The quantitative estimate of drug-likeness (QED) is 0.796. The fourth-order valence-corrected chi connectivity index (χ4v) is 2.91. The van der Waals surface area contributed by atoms with E-state index in [9.17, 15) is 8.42 Å². The van der Waals surface area contributed by atoms with Gasteiger partial charge in [-0.05, 0) is 34.9 Å². The molecule has 0 aliphatic rings. The van der Waals surface area contributed by atoms with Gasteiger partial charge in [-0.15, -0.1) is 0 Å². The molecular weight excluding hydrogens is 240 g/mol. The van der Waals surface area contributed by atoms with E-state index < -0.39 is 10.0 Å². The number of aryl methyl sites for hydroxylation is 2. The van der Waals surface area contributed by atoms with Crippen LogP contribution in [0.25, 0.3) is 0 Å². The Balaban J connectivity index is 2.84. The van der Waals surface area contributed by atoms with Gasteiger partial charge in [-0.3, -0.25) is 5.10 Å². The molecule has 0 fully saturated rings. The maximum Gasteiger partial charge on any atom is 0.244 e. The van der Waals surface area contributed by atoms with E-state index in [4.69, 9.17) is 0 Å². The molecule has 0 bridgehead atoms. The molecule has 1 aromatic heterocycles. The first-order valence-corrected chi connectivity index (χ1v) is 6.91. The van der Waals surface area contributed by atoms with Crippen molar-refractivity contribution in [1.82, 2.24) is 19.8 Å². The smallest absolute Gasteiger partial charge is 0.244 e. The van der Waals surface area contributed by atoms with Crippen molar-refractivity contribution in [2.45, 2.75) is 31.7 Å². The lowest BCUT2D eigenvalue weighted by Gasteiger charge is -2.19. The first-order chi connectivity index (χ1) is 7.75. The Hall–Kier alpha value is -0.920. The van der Waals surface area contributed by atoms with Gasteiger partial charge in [0.1, 0.15) is 4.90 Å². The molecule has 2 N–H and O–H groups in total. The van der Waals surface area contributed by atoms with Crippen molar-refractivity contribution in [3.8, 4) is 0 Å². The van der Waals surface area contributed by atoms with Crippen molar-refractivity contribution in [2.24, 2.45) is 0 Å². The van der Waals surface area contributed by atoms with Crippen molar-refractivity contribution in [3.63, 3.8) is 0 Å². The topological polar surface area (TPSA) is 78.1 Å². The van der Waals surface area contributed by atoms with Crippen LogP contribution in [0.1, 0.15) is 18.3 Å². The number of nitrogens with one attached hydrogen (secondary N) is 2. The van der Waals surface area contributed by atoms with E-state index in [1.54, 1.807) is 13.8 Å². The van der Waals surface area contributed by atoms with Gasteiger partial charge in [0.15, 0.2) is 0 Å². The summed E-state index contributed by atoms with van der Waals surface area (Å²) < 4.78 is 26.7. The lowest BCUT2D eigenvalue weighted by atomic mass is 10.3. The zero-order valence-electron chi connectivity index (χ0n) is 10.9. The Labute approximate surface area is 102 Å². The van der Waals surface area contributed by atoms with Gasteiger partial charge < -0.3 is 4.90 Å². The molecule has 0 radical (unpaired) electrons. The van der Waals surface area contributed by atoms with Crippen LogP contribution in [0.2, 0.25) is 0 Å². The summed E-state index contributed by atoms with van der Waals surface area (Å²) in [4.78, 5) is 2.21. The number of H-pyrrole nitrogens is 1. The molecule has 0 spiro atoms. The van der Waals surface area contributed by atoms with Gasteiger partial charge in [0.2, 0.25) is 10.0 Å². The van der Waals surface area contributed by atoms with Crippen LogP contribution in [0.5, 0.6) is 0 Å². The molecular formula is C10H20N4O2S. The van der Waals surface area contributed by atoms with Crippen LogP contribution in [0, 0.1) is 13.8 Å². The second kappa shape index (κ2) is 5.16. The molecule has 1 rings (SSSR count). The Morgan fingerprint density at radius 3 is 2.41 bits per heavy atom. The van der Waals surface area contributed by atoms with Gasteiger partial charge in [0.05, 0.1) is 11.4 Å². The maximum absolute atomic E-state index is 12.1. The van der Waals surface area contributed by atoms with E-state index >= 15 is 0 Å². The predicted molar refractivity (Wildman–Crippen MR) is 66.4 cm³/mol. The van der Waals surface area contributed by atoms with Crippen LogP contribution in [0.4, 0.5) is 0 Å². The summed E-state index contributed by atoms with van der Waals surface area (Å²) in [5.41, 5.74) is 1.06. The van der Waals surface area contributed by atoms with Gasteiger partial charge in [0, 0.05) is 12.6 Å². The van der Waals surface area contributed by atoms with E-state index in [0.717, 1.165) is 0 Å². The highest BCUT2D eigenvalue weighted by Gasteiger charge is 2.22. The van der Waals surface area contributed by atoms with Gasteiger partial charge in [-0.2, -0.15) is 5.10 Å². The third-order valence-corrected chi connectivity index (χ3v) is 4.47. The summed E-state index contributed by atoms with van der Waals surface area (Å²) in [6, 6.07) is 0.136. The van der Waals surface area contributed by atoms with Gasteiger partial charge in [-0.1, -0.05) is 0 Å². The van der Waals surface area contributed by atoms with Crippen LogP contribution >= 0.6 is 0 Å². The molecule has 1 unspecified atom stereocenters. The molecule has 0 aliphatic heterocycles. The molecule has 1 atom stereocenters. The number of aromatic amines is 1. The number of nitrogens with zero attached hydrogens (tertiary/aromatic N) is 2. The van der Waals surface area contributed by atoms with Crippen LogP contribution < -0.4 is 4.72 Å². The molecule has 0 aromatic carbocycles. The predicted octanol–water partition coefficient (Wildman–Crippen LogP) is 0.255. The molecule has 1 aromatic rings. The zero-order chi connectivity index (χ0) is 13.2. The standard InChI is InChI=1S/C10H20N4O2S/c1-7(14(4)5)6-11-17(15,16)10-8(2)12-13-9(10)3/h7,11H,6H2,1-5H3,(H,12,13). The Morgan fingerprint density at radius 2 is 2.00 bits per heavy atom. The largest absolute Gasteiger partial charge is 0.305 e.